The zero-order valence-electron chi connectivity index (χ0n) is 41.0. The van der Waals surface area contributed by atoms with E-state index in [4.69, 9.17) is 9.47 Å². The van der Waals surface area contributed by atoms with Crippen LogP contribution in [0.5, 0.6) is 0 Å². The van der Waals surface area contributed by atoms with Crippen LogP contribution in [0.15, 0.2) is 153 Å². The minimum absolute atomic E-state index is 0.0241. The van der Waals surface area contributed by atoms with Crippen molar-refractivity contribution in [1.82, 2.24) is 0 Å². The normalized spacial score (nSPS) is 15.6. The monoisotopic (exact) mass is 948 g/mol. The lowest BCUT2D eigenvalue weighted by Gasteiger charge is -2.33. The molecule has 2 aliphatic carbocycles. The Morgan fingerprint density at radius 3 is 1.58 bits per heavy atom. The summed E-state index contributed by atoms with van der Waals surface area (Å²) in [5.74, 6) is -0.867. The lowest BCUT2D eigenvalue weighted by molar-refractivity contribution is -0.172. The van der Waals surface area contributed by atoms with Crippen LogP contribution < -0.4 is 0 Å². The maximum Gasteiger partial charge on any atom is 0.402 e. The van der Waals surface area contributed by atoms with Crippen LogP contribution in [0.4, 0.5) is 13.2 Å². The number of halogens is 3. The molecule has 0 saturated carbocycles. The summed E-state index contributed by atoms with van der Waals surface area (Å²) in [6.07, 6.45) is 4.28. The Bertz CT molecular complexity index is 3360. The van der Waals surface area contributed by atoms with Crippen molar-refractivity contribution in [3.63, 3.8) is 0 Å². The largest absolute Gasteiger partial charge is 0.463 e. The summed E-state index contributed by atoms with van der Waals surface area (Å²) in [5, 5.41) is 6.75. The second-order valence-electron chi connectivity index (χ2n) is 20.8. The molecule has 360 valence electrons. The molecule has 1 atom stereocenters. The Kier molecular flexibility index (Phi) is 12.3. The van der Waals surface area contributed by atoms with Crippen molar-refractivity contribution in [2.24, 2.45) is 0 Å². The minimum atomic E-state index is -4.60. The van der Waals surface area contributed by atoms with Crippen LogP contribution in [0.1, 0.15) is 107 Å². The van der Waals surface area contributed by atoms with E-state index in [2.05, 4.69) is 125 Å². The third-order valence-corrected chi connectivity index (χ3v) is 15.7. The first kappa shape index (κ1) is 47.7. The van der Waals surface area contributed by atoms with Crippen LogP contribution >= 0.6 is 0 Å². The topological polar surface area (TPSA) is 52.6 Å². The van der Waals surface area contributed by atoms with Gasteiger partial charge in [0.2, 0.25) is 0 Å². The molecular formula is C64H59F3O4. The van der Waals surface area contributed by atoms with Crippen molar-refractivity contribution in [2.75, 3.05) is 13.2 Å². The van der Waals surface area contributed by atoms with Gasteiger partial charge in [-0.3, -0.25) is 0 Å². The Morgan fingerprint density at radius 1 is 0.521 bits per heavy atom. The highest BCUT2D eigenvalue weighted by Gasteiger charge is 2.58. The zero-order chi connectivity index (χ0) is 49.9. The average molecular weight is 949 g/mol. The summed E-state index contributed by atoms with van der Waals surface area (Å²) in [4.78, 5) is 23.5. The molecule has 1 unspecified atom stereocenters. The summed E-state index contributed by atoms with van der Waals surface area (Å²) in [7, 11) is 0. The second-order valence-corrected chi connectivity index (χ2v) is 20.8. The number of hydrogen-bond acceptors (Lipinski definition) is 4. The van der Waals surface area contributed by atoms with Crippen LogP contribution in [-0.2, 0) is 35.3 Å². The van der Waals surface area contributed by atoms with Gasteiger partial charge in [-0.25, -0.2) is 9.59 Å². The number of rotatable bonds is 16. The van der Waals surface area contributed by atoms with Crippen molar-refractivity contribution >= 4 is 44.3 Å². The van der Waals surface area contributed by atoms with Crippen LogP contribution in [0.25, 0.3) is 76.8 Å². The molecule has 10 rings (SSSR count). The van der Waals surface area contributed by atoms with Gasteiger partial charge in [-0.05, 0) is 161 Å². The first-order valence-corrected chi connectivity index (χ1v) is 25.0. The molecule has 0 saturated heterocycles. The molecule has 4 nitrogen and oxygen atoms in total. The smallest absolute Gasteiger partial charge is 0.402 e. The number of hydrogen-bond donors (Lipinski definition) is 0. The van der Waals surface area contributed by atoms with Gasteiger partial charge in [0, 0.05) is 17.6 Å². The molecule has 7 heteroatoms. The molecule has 2 aliphatic rings. The van der Waals surface area contributed by atoms with Crippen molar-refractivity contribution in [3.05, 3.63) is 181 Å². The summed E-state index contributed by atoms with van der Waals surface area (Å²) in [6, 6.07) is 43.6. The third-order valence-electron chi connectivity index (χ3n) is 15.7. The van der Waals surface area contributed by atoms with Gasteiger partial charge in [0.05, 0.1) is 13.2 Å². The van der Waals surface area contributed by atoms with E-state index in [9.17, 15) is 9.59 Å². The minimum Gasteiger partial charge on any atom is -0.463 e. The highest BCUT2D eigenvalue weighted by Crippen LogP contribution is 2.59. The Morgan fingerprint density at radius 2 is 1.00 bits per heavy atom. The van der Waals surface area contributed by atoms with E-state index in [0.717, 1.165) is 98.8 Å². The van der Waals surface area contributed by atoms with E-state index in [0.29, 0.717) is 37.2 Å². The van der Waals surface area contributed by atoms with Gasteiger partial charge >= 0.3 is 18.1 Å². The van der Waals surface area contributed by atoms with Crippen LogP contribution in [-0.4, -0.2) is 31.3 Å². The highest BCUT2D eigenvalue weighted by molar-refractivity contribution is 6.25. The highest BCUT2D eigenvalue weighted by atomic mass is 19.4. The first-order valence-electron chi connectivity index (χ1n) is 25.0. The van der Waals surface area contributed by atoms with E-state index in [-0.39, 0.29) is 22.0 Å². The van der Waals surface area contributed by atoms with Gasteiger partial charge < -0.3 is 9.47 Å². The van der Waals surface area contributed by atoms with E-state index in [1.165, 1.54) is 41.2 Å². The molecule has 8 aromatic carbocycles. The number of alkyl halides is 3. The maximum atomic E-state index is 16.1. The van der Waals surface area contributed by atoms with Gasteiger partial charge in [-0.15, -0.1) is 0 Å². The van der Waals surface area contributed by atoms with Crippen molar-refractivity contribution in [3.8, 4) is 44.5 Å². The van der Waals surface area contributed by atoms with Gasteiger partial charge in [-0.1, -0.05) is 169 Å². The van der Waals surface area contributed by atoms with Crippen LogP contribution in [0.2, 0.25) is 0 Å². The number of fused-ring (bicyclic) bond motifs is 6. The second kappa shape index (κ2) is 18.3. The molecule has 0 amide bonds. The fourth-order valence-electron chi connectivity index (χ4n) is 11.9. The van der Waals surface area contributed by atoms with Gasteiger partial charge in [0.15, 0.2) is 0 Å². The Labute approximate surface area is 414 Å². The van der Waals surface area contributed by atoms with Crippen molar-refractivity contribution < 1.29 is 32.2 Å². The molecule has 0 aliphatic heterocycles. The predicted molar refractivity (Wildman–Crippen MR) is 283 cm³/mol. The number of ether oxygens (including phenoxy) is 2. The molecule has 0 aromatic heterocycles. The number of benzene rings is 8. The molecular weight excluding hydrogens is 890 g/mol. The van der Waals surface area contributed by atoms with Crippen LogP contribution in [0.3, 0.4) is 0 Å². The van der Waals surface area contributed by atoms with Crippen molar-refractivity contribution in [1.29, 1.82) is 0 Å². The predicted octanol–water partition coefficient (Wildman–Crippen LogP) is 16.9. The molecule has 8 aromatic rings. The maximum absolute atomic E-state index is 16.1. The summed E-state index contributed by atoms with van der Waals surface area (Å²) < 4.78 is 58.9. The van der Waals surface area contributed by atoms with Crippen molar-refractivity contribution in [2.45, 2.75) is 101 Å². The molecule has 0 heterocycles. The summed E-state index contributed by atoms with van der Waals surface area (Å²) >= 11 is 0. The third kappa shape index (κ3) is 8.21. The Balaban J connectivity index is 1.02. The number of unbranched alkanes of at least 4 members (excludes halogenated alkanes) is 4. The number of carbonyl (C=O) groups excluding carboxylic acids is 2. The SMILES string of the molecule is C=CC(=O)OCCCCCC1(CCCCCOC(=O)C=C)c2ccccc2-c2ccc(-c3ccc4c(c3)C(C)(C(F)(F)F)c3cc(-c5ccc6ccc7cc(C(C)(C)C)cc8ccc5c6c78)ccc3-4)cc21. The van der Waals surface area contributed by atoms with Gasteiger partial charge in [-0.2, -0.15) is 13.2 Å². The molecule has 0 radical (unpaired) electrons. The van der Waals surface area contributed by atoms with E-state index in [1.807, 2.05) is 24.3 Å². The Hall–Kier alpha value is -6.99. The fraction of sp³-hybridized carbons (Fsp3) is 0.281. The number of carbonyl (C=O) groups is 2. The quantitative estimate of drug-likeness (QED) is 0.0419. The van der Waals surface area contributed by atoms with Crippen LogP contribution in [0, 0.1) is 0 Å². The standard InChI is InChI=1S/C64H59F3O4/c1-7-57(68)70-33-15-9-13-31-63(32-14-10-16-34-71-58(69)8-2)53-18-12-11-17-48(53)51-28-23-42(38-56(51)63)41-22-27-49-50-29-24-43(39-55(50)62(6,54(49)37-41)64(65,66)67)47-26-21-40-19-20-44-35-46(61(3,4)5)36-45-25-30-52(47)60(40)59(44)45/h7-8,11-12,17-30,35-39H,1-2,9-10,13-16,31-34H2,3-6H3. The van der Waals surface area contributed by atoms with E-state index >= 15 is 13.2 Å². The summed E-state index contributed by atoms with van der Waals surface area (Å²) in [5.41, 5.74) is 8.27. The first-order chi connectivity index (χ1) is 34.1. The lowest BCUT2D eigenvalue weighted by Crippen LogP contribution is -2.38. The molecule has 0 fully saturated rings. The van der Waals surface area contributed by atoms with E-state index in [1.54, 1.807) is 12.1 Å². The zero-order valence-corrected chi connectivity index (χ0v) is 41.0. The lowest BCUT2D eigenvalue weighted by atomic mass is 9.70. The molecule has 0 spiro atoms. The molecule has 0 N–H and O–H groups in total. The molecule has 71 heavy (non-hydrogen) atoms. The van der Waals surface area contributed by atoms with Gasteiger partial charge in [0.25, 0.3) is 0 Å². The average Bonchev–Trinajstić information content (AvgIpc) is 3.79. The summed E-state index contributed by atoms with van der Waals surface area (Å²) in [6.45, 7) is 15.6. The molecule has 0 bridgehead atoms. The van der Waals surface area contributed by atoms with Gasteiger partial charge in [0.1, 0.15) is 5.41 Å². The van der Waals surface area contributed by atoms with E-state index < -0.39 is 23.5 Å². The fourth-order valence-corrected chi connectivity index (χ4v) is 11.9. The number of esters is 2.